The first-order valence-electron chi connectivity index (χ1n) is 18.6. The van der Waals surface area contributed by atoms with Gasteiger partial charge in [-0.15, -0.1) is 0 Å². The zero-order valence-corrected chi connectivity index (χ0v) is 34.7. The van der Waals surface area contributed by atoms with Crippen LogP contribution in [0.4, 0.5) is 9.59 Å². The average molecular weight is 779 g/mol. The molecule has 53 heavy (non-hydrogen) atoms. The Kier molecular flexibility index (Phi) is 17.3. The first kappa shape index (κ1) is 44.4. The van der Waals surface area contributed by atoms with Gasteiger partial charge in [0.25, 0.3) is 0 Å². The third-order valence-electron chi connectivity index (χ3n) is 8.92. The van der Waals surface area contributed by atoms with Crippen molar-refractivity contribution >= 4 is 32.8 Å². The van der Waals surface area contributed by atoms with E-state index in [0.29, 0.717) is 49.6 Å². The molecule has 0 radical (unpaired) electrons. The summed E-state index contributed by atoms with van der Waals surface area (Å²) in [4.78, 5) is 28.9. The SMILES string of the molecule is CC(C)(C)OC(=O)N1CCC(COCCc2ccc(S(C)(=O)=O)cc2)CC1.CS(=O)c1ccc(CCOCC2CCN(C(=O)OC(C)(C)C)CC2)cc1. The highest BCUT2D eigenvalue weighted by Crippen LogP contribution is 2.22. The molecule has 11 nitrogen and oxygen atoms in total. The van der Waals surface area contributed by atoms with Gasteiger partial charge in [0, 0.05) is 67.6 Å². The van der Waals surface area contributed by atoms with Crippen LogP contribution in [0, 0.1) is 11.8 Å². The predicted molar refractivity (Wildman–Crippen MR) is 208 cm³/mol. The first-order valence-corrected chi connectivity index (χ1v) is 22.1. The lowest BCUT2D eigenvalue weighted by Gasteiger charge is -2.33. The van der Waals surface area contributed by atoms with Crippen LogP contribution in [0.25, 0.3) is 0 Å². The Balaban J connectivity index is 0.000000286. The molecule has 2 saturated heterocycles. The fourth-order valence-corrected chi connectivity index (χ4v) is 7.00. The van der Waals surface area contributed by atoms with Gasteiger partial charge in [-0.05, 0) is 127 Å². The zero-order valence-electron chi connectivity index (χ0n) is 33.1. The van der Waals surface area contributed by atoms with E-state index in [2.05, 4.69) is 0 Å². The van der Waals surface area contributed by atoms with E-state index >= 15 is 0 Å². The van der Waals surface area contributed by atoms with Crippen molar-refractivity contribution in [2.45, 2.75) is 101 Å². The van der Waals surface area contributed by atoms with Gasteiger partial charge in [0.05, 0.1) is 18.1 Å². The Morgan fingerprint density at radius 2 is 1.04 bits per heavy atom. The quantitative estimate of drug-likeness (QED) is 0.211. The Hall–Kier alpha value is -3.00. The van der Waals surface area contributed by atoms with E-state index < -0.39 is 31.8 Å². The van der Waals surface area contributed by atoms with Gasteiger partial charge in [-0.3, -0.25) is 4.21 Å². The summed E-state index contributed by atoms with van der Waals surface area (Å²) in [5.74, 6) is 0.954. The molecule has 2 fully saturated rings. The molecule has 2 amide bonds. The van der Waals surface area contributed by atoms with Crippen LogP contribution < -0.4 is 0 Å². The molecule has 0 saturated carbocycles. The summed E-state index contributed by atoms with van der Waals surface area (Å²) >= 11 is 0. The molecule has 13 heteroatoms. The summed E-state index contributed by atoms with van der Waals surface area (Å²) in [6.45, 7) is 16.9. The largest absolute Gasteiger partial charge is 0.444 e. The van der Waals surface area contributed by atoms with Crippen molar-refractivity contribution in [1.82, 2.24) is 9.80 Å². The van der Waals surface area contributed by atoms with Crippen molar-refractivity contribution in [2.75, 3.05) is 65.1 Å². The van der Waals surface area contributed by atoms with Crippen LogP contribution in [0.2, 0.25) is 0 Å². The number of rotatable bonds is 12. The van der Waals surface area contributed by atoms with Crippen LogP contribution in [0.15, 0.2) is 58.3 Å². The number of benzene rings is 2. The maximum absolute atomic E-state index is 12.1. The summed E-state index contributed by atoms with van der Waals surface area (Å²) in [7, 11) is -4.08. The van der Waals surface area contributed by atoms with Crippen molar-refractivity contribution in [2.24, 2.45) is 11.8 Å². The Labute approximate surface area is 320 Å². The van der Waals surface area contributed by atoms with Crippen LogP contribution in [0.1, 0.15) is 78.4 Å². The van der Waals surface area contributed by atoms with Crippen molar-refractivity contribution in [3.63, 3.8) is 0 Å². The summed E-state index contributed by atoms with van der Waals surface area (Å²) in [6.07, 6.45) is 7.80. The monoisotopic (exact) mass is 778 g/mol. The van der Waals surface area contributed by atoms with Crippen LogP contribution in [-0.2, 0) is 52.4 Å². The normalized spacial score (nSPS) is 16.8. The van der Waals surface area contributed by atoms with E-state index in [-0.39, 0.29) is 12.2 Å². The number of likely N-dealkylation sites (tertiary alicyclic amines) is 2. The van der Waals surface area contributed by atoms with E-state index in [1.54, 1.807) is 28.2 Å². The molecule has 2 aromatic rings. The minimum absolute atomic E-state index is 0.215. The van der Waals surface area contributed by atoms with Gasteiger partial charge in [0.1, 0.15) is 11.2 Å². The second kappa shape index (κ2) is 20.6. The highest BCUT2D eigenvalue weighted by atomic mass is 32.2. The van der Waals surface area contributed by atoms with E-state index in [0.717, 1.165) is 68.7 Å². The topological polar surface area (TPSA) is 129 Å². The van der Waals surface area contributed by atoms with Crippen LogP contribution >= 0.6 is 0 Å². The number of carbonyl (C=O) groups excluding carboxylic acids is 2. The second-order valence-electron chi connectivity index (χ2n) is 16.0. The zero-order chi connectivity index (χ0) is 39.2. The second-order valence-corrected chi connectivity index (χ2v) is 19.4. The number of nitrogens with zero attached hydrogens (tertiary/aromatic N) is 2. The van der Waals surface area contributed by atoms with Crippen molar-refractivity contribution in [1.29, 1.82) is 0 Å². The van der Waals surface area contributed by atoms with Gasteiger partial charge in [-0.25, -0.2) is 18.0 Å². The van der Waals surface area contributed by atoms with E-state index in [1.165, 1.54) is 11.8 Å². The molecular weight excluding hydrogens is 717 g/mol. The Morgan fingerprint density at radius 1 is 0.679 bits per heavy atom. The third-order valence-corrected chi connectivity index (χ3v) is 11.0. The van der Waals surface area contributed by atoms with Crippen molar-refractivity contribution < 1.29 is 41.2 Å². The molecule has 0 aromatic heterocycles. The molecule has 298 valence electrons. The van der Waals surface area contributed by atoms with Gasteiger partial charge in [-0.2, -0.15) is 0 Å². The van der Waals surface area contributed by atoms with Gasteiger partial charge >= 0.3 is 12.2 Å². The maximum atomic E-state index is 12.1. The van der Waals surface area contributed by atoms with Gasteiger partial charge in [0.15, 0.2) is 9.84 Å². The van der Waals surface area contributed by atoms with E-state index in [1.807, 2.05) is 77.9 Å². The maximum Gasteiger partial charge on any atom is 0.410 e. The third kappa shape index (κ3) is 17.3. The molecule has 2 aliphatic heterocycles. The fourth-order valence-electron chi connectivity index (χ4n) is 5.85. The van der Waals surface area contributed by atoms with Gasteiger partial charge in [0.2, 0.25) is 0 Å². The highest BCUT2D eigenvalue weighted by molar-refractivity contribution is 7.90. The number of carbonyl (C=O) groups is 2. The molecular formula is C40H62N2O9S2. The Bertz CT molecular complexity index is 1550. The van der Waals surface area contributed by atoms with Crippen LogP contribution in [0.5, 0.6) is 0 Å². The fraction of sp³-hybridized carbons (Fsp3) is 0.650. The molecule has 1 atom stereocenters. The summed E-state index contributed by atoms with van der Waals surface area (Å²) in [5, 5.41) is 0. The lowest BCUT2D eigenvalue weighted by molar-refractivity contribution is 0.0111. The average Bonchev–Trinajstić information content (AvgIpc) is 3.08. The molecule has 0 spiro atoms. The number of amides is 2. The number of hydrogen-bond acceptors (Lipinski definition) is 9. The standard InChI is InChI=1S/C20H31NO5S.C20H31NO4S/c1-20(2,3)26-19(22)21-12-9-17(10-13-21)15-25-14-11-16-5-7-18(8-6-16)27(4,23)24;1-20(2,3)25-19(22)21-12-9-17(10-13-21)15-24-14-11-16-5-7-18(8-6-16)26(4)23/h5-8,17H,9-15H2,1-4H3;5-8,17H,9-15H2,1-4H3. The van der Waals surface area contributed by atoms with Gasteiger partial charge < -0.3 is 28.7 Å². The van der Waals surface area contributed by atoms with E-state index in [4.69, 9.17) is 18.9 Å². The van der Waals surface area contributed by atoms with Crippen molar-refractivity contribution in [3.05, 3.63) is 59.7 Å². The summed E-state index contributed by atoms with van der Waals surface area (Å²) < 4.78 is 56.8. The summed E-state index contributed by atoms with van der Waals surface area (Å²) in [5.41, 5.74) is 1.35. The minimum atomic E-state index is -3.15. The van der Waals surface area contributed by atoms with Crippen LogP contribution in [0.3, 0.4) is 0 Å². The number of sulfone groups is 1. The Morgan fingerprint density at radius 3 is 1.36 bits per heavy atom. The lowest BCUT2D eigenvalue weighted by atomic mass is 9.98. The van der Waals surface area contributed by atoms with Crippen LogP contribution in [-0.4, -0.2) is 111 Å². The highest BCUT2D eigenvalue weighted by Gasteiger charge is 2.28. The molecule has 2 heterocycles. The smallest absolute Gasteiger partial charge is 0.410 e. The molecule has 2 aliphatic rings. The molecule has 0 N–H and O–H groups in total. The number of ether oxygens (including phenoxy) is 4. The summed E-state index contributed by atoms with van der Waals surface area (Å²) in [6, 6.07) is 14.8. The van der Waals surface area contributed by atoms with Crippen molar-refractivity contribution in [3.8, 4) is 0 Å². The number of hydrogen-bond donors (Lipinski definition) is 0. The van der Waals surface area contributed by atoms with Gasteiger partial charge in [-0.1, -0.05) is 24.3 Å². The number of piperidine rings is 2. The predicted octanol–water partition coefficient (Wildman–Crippen LogP) is 6.93. The lowest BCUT2D eigenvalue weighted by Crippen LogP contribution is -2.42. The minimum Gasteiger partial charge on any atom is -0.444 e. The molecule has 0 aliphatic carbocycles. The molecule has 1 unspecified atom stereocenters. The molecule has 0 bridgehead atoms. The van der Waals surface area contributed by atoms with E-state index in [9.17, 15) is 22.2 Å². The molecule has 2 aromatic carbocycles. The first-order chi connectivity index (χ1) is 24.8. The molecule has 4 rings (SSSR count).